The maximum Gasteiger partial charge on any atom is 0.417 e. The van der Waals surface area contributed by atoms with Crippen molar-refractivity contribution < 1.29 is 22.4 Å². The monoisotopic (exact) mass is 613 g/mol. The number of anilines is 2. The lowest BCUT2D eigenvalue weighted by molar-refractivity contribution is -0.138. The molecule has 0 bridgehead atoms. The topological polar surface area (TPSA) is 80.5 Å². The molecule has 2 heterocycles. The molecule has 1 saturated heterocycles. The summed E-state index contributed by atoms with van der Waals surface area (Å²) in [7, 11) is 2.01. The maximum atomic E-state index is 16.1. The minimum absolute atomic E-state index is 0.104. The summed E-state index contributed by atoms with van der Waals surface area (Å²) >= 11 is 0. The fourth-order valence-electron chi connectivity index (χ4n) is 6.31. The van der Waals surface area contributed by atoms with E-state index in [1.807, 2.05) is 50.1 Å². The van der Waals surface area contributed by atoms with Crippen LogP contribution in [0.1, 0.15) is 67.4 Å². The van der Waals surface area contributed by atoms with Crippen LogP contribution in [-0.4, -0.2) is 54.1 Å². The number of hydrogen-bond donors (Lipinski definition) is 3. The van der Waals surface area contributed by atoms with Gasteiger partial charge >= 0.3 is 6.18 Å². The first-order valence-electron chi connectivity index (χ1n) is 15.2. The number of rotatable bonds is 7. The lowest BCUT2D eigenvalue weighted by atomic mass is 9.94. The average Bonchev–Trinajstić information content (AvgIpc) is 2.99. The molecule has 3 aromatic rings. The molecule has 2 atom stereocenters. The highest BCUT2D eigenvalue weighted by molar-refractivity contribution is 6.07. The number of halogens is 4. The summed E-state index contributed by atoms with van der Waals surface area (Å²) in [6, 6.07) is 11.3. The van der Waals surface area contributed by atoms with Crippen molar-refractivity contribution in [2.24, 2.45) is 0 Å². The van der Waals surface area contributed by atoms with Gasteiger partial charge in [-0.1, -0.05) is 43.5 Å². The van der Waals surface area contributed by atoms with Crippen LogP contribution in [0.25, 0.3) is 11.1 Å². The summed E-state index contributed by atoms with van der Waals surface area (Å²) in [4.78, 5) is 31.4. The third kappa shape index (κ3) is 6.99. The van der Waals surface area contributed by atoms with Crippen molar-refractivity contribution in [2.45, 2.75) is 76.8 Å². The fourth-order valence-corrected chi connectivity index (χ4v) is 6.31. The van der Waals surface area contributed by atoms with Gasteiger partial charge in [0.15, 0.2) is 0 Å². The predicted octanol–water partition coefficient (Wildman–Crippen LogP) is 6.40. The first-order valence-corrected chi connectivity index (χ1v) is 15.2. The Balaban J connectivity index is 1.55. The molecule has 0 unspecified atom stereocenters. The molecule has 0 spiro atoms. The van der Waals surface area contributed by atoms with E-state index in [-0.39, 0.29) is 23.3 Å². The number of likely N-dealkylation sites (N-methyl/N-ethyl adjacent to an activating group) is 1. The Bertz CT molecular complexity index is 1540. The minimum atomic E-state index is -4.93. The molecule has 2 fully saturated rings. The van der Waals surface area contributed by atoms with Crippen LogP contribution < -0.4 is 21.1 Å². The van der Waals surface area contributed by atoms with Crippen LogP contribution in [0.15, 0.2) is 53.5 Å². The van der Waals surface area contributed by atoms with Gasteiger partial charge in [0, 0.05) is 55.6 Å². The molecule has 11 heteroatoms. The normalized spacial score (nSPS) is 20.1. The molecule has 2 aliphatic rings. The largest absolute Gasteiger partial charge is 0.417 e. The highest BCUT2D eigenvalue weighted by atomic mass is 19.4. The van der Waals surface area contributed by atoms with Gasteiger partial charge in [0.25, 0.3) is 5.91 Å². The zero-order chi connectivity index (χ0) is 31.6. The second-order valence-corrected chi connectivity index (χ2v) is 12.1. The Hall–Kier alpha value is -3.70. The third-order valence-electron chi connectivity index (χ3n) is 9.00. The molecule has 1 aliphatic heterocycles. The van der Waals surface area contributed by atoms with Crippen molar-refractivity contribution in [1.82, 2.24) is 15.2 Å². The summed E-state index contributed by atoms with van der Waals surface area (Å²) in [5, 5.41) is 6.24. The Morgan fingerprint density at radius 1 is 1.00 bits per heavy atom. The van der Waals surface area contributed by atoms with E-state index in [1.165, 1.54) is 31.4 Å². The molecule has 7 nitrogen and oxygen atoms in total. The molecule has 1 amide bonds. The van der Waals surface area contributed by atoms with Crippen LogP contribution >= 0.6 is 0 Å². The van der Waals surface area contributed by atoms with Crippen LogP contribution in [0.5, 0.6) is 0 Å². The third-order valence-corrected chi connectivity index (χ3v) is 9.00. The number of benzene rings is 2. The van der Waals surface area contributed by atoms with Gasteiger partial charge in [-0.25, -0.2) is 4.39 Å². The molecule has 1 saturated carbocycles. The minimum Gasteiger partial charge on any atom is -0.367 e. The van der Waals surface area contributed by atoms with E-state index in [9.17, 15) is 22.8 Å². The van der Waals surface area contributed by atoms with Crippen LogP contribution in [-0.2, 0) is 12.7 Å². The Labute approximate surface area is 254 Å². The number of nitrogens with one attached hydrogen (secondary N) is 3. The molecular weight excluding hydrogens is 574 g/mol. The second-order valence-electron chi connectivity index (χ2n) is 12.1. The predicted molar refractivity (Wildman–Crippen MR) is 164 cm³/mol. The van der Waals surface area contributed by atoms with Gasteiger partial charge in [-0.05, 0) is 57.0 Å². The van der Waals surface area contributed by atoms with Crippen LogP contribution in [0.3, 0.4) is 0 Å². The Morgan fingerprint density at radius 2 is 1.68 bits per heavy atom. The SMILES string of the molecule is C[C@@H]1CN(c2cc(F)c(-c3ccccc3CNC3CCCCC3)cc2NC(=O)c2c[nH]c(=O)cc2C(F)(F)F)C[C@H](C)N1C. The molecular formula is C33H39F4N5O2. The van der Waals surface area contributed by atoms with E-state index in [0.29, 0.717) is 43.0 Å². The number of aromatic nitrogens is 1. The van der Waals surface area contributed by atoms with Crippen molar-refractivity contribution in [2.75, 3.05) is 30.4 Å². The van der Waals surface area contributed by atoms with Crippen molar-refractivity contribution in [3.63, 3.8) is 0 Å². The molecule has 44 heavy (non-hydrogen) atoms. The number of aromatic amines is 1. The molecule has 2 aromatic carbocycles. The lowest BCUT2D eigenvalue weighted by Gasteiger charge is -2.44. The first kappa shape index (κ1) is 31.7. The molecule has 5 rings (SSSR count). The number of piperazine rings is 1. The number of pyridine rings is 1. The highest BCUT2D eigenvalue weighted by Gasteiger charge is 2.36. The van der Waals surface area contributed by atoms with Gasteiger partial charge in [0.1, 0.15) is 5.82 Å². The number of nitrogens with zero attached hydrogens (tertiary/aromatic N) is 2. The van der Waals surface area contributed by atoms with Crippen LogP contribution in [0.2, 0.25) is 0 Å². The molecule has 1 aliphatic carbocycles. The second kappa shape index (κ2) is 13.1. The van der Waals surface area contributed by atoms with Crippen LogP contribution in [0.4, 0.5) is 28.9 Å². The smallest absolute Gasteiger partial charge is 0.367 e. The van der Waals surface area contributed by atoms with Gasteiger partial charge in [0.05, 0.1) is 22.5 Å². The van der Waals surface area contributed by atoms with E-state index in [4.69, 9.17) is 0 Å². The number of hydrogen-bond acceptors (Lipinski definition) is 5. The summed E-state index contributed by atoms with van der Waals surface area (Å²) in [5.74, 6) is -1.56. The molecule has 3 N–H and O–H groups in total. The van der Waals surface area contributed by atoms with Crippen molar-refractivity contribution in [3.8, 4) is 11.1 Å². The van der Waals surface area contributed by atoms with Crippen molar-refractivity contribution in [3.05, 3.63) is 81.5 Å². The highest BCUT2D eigenvalue weighted by Crippen LogP contribution is 2.38. The van der Waals surface area contributed by atoms with E-state index < -0.39 is 34.6 Å². The lowest BCUT2D eigenvalue weighted by Crippen LogP contribution is -2.55. The fraction of sp³-hybridized carbons (Fsp3) is 0.455. The standard InChI is InChI=1S/C33H39F4N5O2/c1-20-18-42(19-21(2)41(20)3)30-15-28(34)25(24-12-8-7-9-22(24)16-38-23-10-5-4-6-11-23)13-29(30)40-32(44)26-17-39-31(43)14-27(26)33(35,36)37/h7-9,12-15,17,20-21,23,38H,4-6,10-11,16,18-19H2,1-3H3,(H,39,43)(H,40,44)/t20-,21+. The van der Waals surface area contributed by atoms with E-state index in [0.717, 1.165) is 24.6 Å². The zero-order valence-corrected chi connectivity index (χ0v) is 25.2. The Morgan fingerprint density at radius 3 is 2.36 bits per heavy atom. The summed E-state index contributed by atoms with van der Waals surface area (Å²) < 4.78 is 57.5. The summed E-state index contributed by atoms with van der Waals surface area (Å²) in [6.07, 6.45) is 1.60. The van der Waals surface area contributed by atoms with Crippen molar-refractivity contribution >= 4 is 17.3 Å². The van der Waals surface area contributed by atoms with Crippen LogP contribution in [0, 0.1) is 5.82 Å². The van der Waals surface area contributed by atoms with Gasteiger partial charge in [-0.15, -0.1) is 0 Å². The Kier molecular flexibility index (Phi) is 9.45. The number of H-pyrrole nitrogens is 1. The number of carbonyl (C=O) groups is 1. The summed E-state index contributed by atoms with van der Waals surface area (Å²) in [5.41, 5.74) is -0.740. The first-order chi connectivity index (χ1) is 20.9. The molecule has 236 valence electrons. The van der Waals surface area contributed by atoms with Gasteiger partial charge in [-0.2, -0.15) is 13.2 Å². The van der Waals surface area contributed by atoms with Gasteiger partial charge in [0.2, 0.25) is 5.56 Å². The maximum absolute atomic E-state index is 16.1. The number of amides is 1. The number of alkyl halides is 3. The molecule has 0 radical (unpaired) electrons. The van der Waals surface area contributed by atoms with E-state index >= 15 is 4.39 Å². The quantitative estimate of drug-likeness (QED) is 0.269. The van der Waals surface area contributed by atoms with Gasteiger partial charge in [-0.3, -0.25) is 14.5 Å². The van der Waals surface area contributed by atoms with Crippen molar-refractivity contribution in [1.29, 1.82) is 0 Å². The van der Waals surface area contributed by atoms with E-state index in [1.54, 1.807) is 0 Å². The zero-order valence-electron chi connectivity index (χ0n) is 25.2. The molecule has 1 aromatic heterocycles. The average molecular weight is 614 g/mol. The van der Waals surface area contributed by atoms with E-state index in [2.05, 4.69) is 20.5 Å². The van der Waals surface area contributed by atoms with Gasteiger partial charge < -0.3 is 20.5 Å². The number of carbonyl (C=O) groups excluding carboxylic acids is 1. The summed E-state index contributed by atoms with van der Waals surface area (Å²) in [6.45, 7) is 5.66.